The summed E-state index contributed by atoms with van der Waals surface area (Å²) >= 11 is 0. The van der Waals surface area contributed by atoms with Crippen LogP contribution in [0.25, 0.3) is 0 Å². The highest BCUT2D eigenvalue weighted by Gasteiger charge is 2.16. The van der Waals surface area contributed by atoms with Crippen LogP contribution in [0.1, 0.15) is 13.3 Å². The molecule has 16 heavy (non-hydrogen) atoms. The van der Waals surface area contributed by atoms with Crippen LogP contribution in [0.4, 0.5) is 5.69 Å². The topological polar surface area (TPSA) is 60.3 Å². The fraction of sp³-hybridized carbons (Fsp3) is 0.455. The minimum Gasteiger partial charge on any atom is -0.467 e. The zero-order valence-electron chi connectivity index (χ0n) is 9.69. The Kier molecular flexibility index (Phi) is 4.10. The summed E-state index contributed by atoms with van der Waals surface area (Å²) in [5.74, 6) is -0.309. The van der Waals surface area contributed by atoms with E-state index in [1.54, 1.807) is 19.3 Å². The molecule has 1 aromatic rings. The molecule has 1 N–H and O–H groups in total. The Bertz CT molecular complexity index is 425. The number of aromatic nitrogens is 1. The van der Waals surface area contributed by atoms with E-state index in [1.165, 1.54) is 17.7 Å². The van der Waals surface area contributed by atoms with Gasteiger partial charge in [0, 0.05) is 19.3 Å². The summed E-state index contributed by atoms with van der Waals surface area (Å²) in [6.07, 6.45) is 2.27. The molecule has 0 aromatic carbocycles. The number of rotatable bonds is 4. The van der Waals surface area contributed by atoms with Crippen LogP contribution in [0.3, 0.4) is 0 Å². The van der Waals surface area contributed by atoms with Gasteiger partial charge in [0.15, 0.2) is 0 Å². The zero-order chi connectivity index (χ0) is 12.1. The quantitative estimate of drug-likeness (QED) is 0.767. The summed E-state index contributed by atoms with van der Waals surface area (Å²) in [6, 6.07) is 2.71. The van der Waals surface area contributed by atoms with Crippen molar-refractivity contribution in [2.24, 2.45) is 7.05 Å². The molecule has 0 radical (unpaired) electrons. The number of anilines is 1. The Morgan fingerprint density at radius 3 is 2.75 bits per heavy atom. The van der Waals surface area contributed by atoms with E-state index in [1.807, 2.05) is 6.92 Å². The van der Waals surface area contributed by atoms with Crippen molar-refractivity contribution >= 4 is 11.7 Å². The fourth-order valence-corrected chi connectivity index (χ4v) is 1.35. The minimum absolute atomic E-state index is 0.0864. The van der Waals surface area contributed by atoms with Crippen LogP contribution >= 0.6 is 0 Å². The Hall–Kier alpha value is -1.78. The van der Waals surface area contributed by atoms with Crippen molar-refractivity contribution in [3.63, 3.8) is 0 Å². The van der Waals surface area contributed by atoms with E-state index in [0.717, 1.165) is 5.69 Å². The molecule has 5 heteroatoms. The number of carbonyl (C=O) groups excluding carboxylic acids is 1. The van der Waals surface area contributed by atoms with Crippen LogP contribution < -0.4 is 10.9 Å². The number of pyridine rings is 1. The fourth-order valence-electron chi connectivity index (χ4n) is 1.35. The van der Waals surface area contributed by atoms with Crippen LogP contribution in [0.2, 0.25) is 0 Å². The number of carbonyl (C=O) groups is 1. The molecule has 1 heterocycles. The summed E-state index contributed by atoms with van der Waals surface area (Å²) in [5.41, 5.74) is 0.635. The molecule has 0 fully saturated rings. The number of esters is 1. The standard InChI is InChI=1S/C11H16N2O3/c1-4-9(11(15)16-3)12-8-5-6-10(14)13(2)7-8/h5-7,9,12H,4H2,1-3H3. The van der Waals surface area contributed by atoms with E-state index < -0.39 is 0 Å². The zero-order valence-corrected chi connectivity index (χ0v) is 9.69. The van der Waals surface area contributed by atoms with Crippen LogP contribution in [0.15, 0.2) is 23.1 Å². The lowest BCUT2D eigenvalue weighted by Gasteiger charge is -2.15. The lowest BCUT2D eigenvalue weighted by atomic mass is 10.2. The van der Waals surface area contributed by atoms with Gasteiger partial charge in [-0.1, -0.05) is 6.92 Å². The highest BCUT2D eigenvalue weighted by atomic mass is 16.5. The summed E-state index contributed by atoms with van der Waals surface area (Å²) < 4.78 is 6.11. The largest absolute Gasteiger partial charge is 0.467 e. The molecule has 0 bridgehead atoms. The van der Waals surface area contributed by atoms with Crippen molar-refractivity contribution in [1.82, 2.24) is 4.57 Å². The first-order chi connectivity index (χ1) is 7.58. The van der Waals surface area contributed by atoms with Gasteiger partial charge in [-0.15, -0.1) is 0 Å². The molecule has 0 aliphatic heterocycles. The molecule has 0 aliphatic carbocycles. The number of hydrogen-bond acceptors (Lipinski definition) is 4. The number of methoxy groups -OCH3 is 1. The molecule has 88 valence electrons. The predicted molar refractivity (Wildman–Crippen MR) is 61.4 cm³/mol. The van der Waals surface area contributed by atoms with E-state index in [-0.39, 0.29) is 17.6 Å². The van der Waals surface area contributed by atoms with Gasteiger partial charge < -0.3 is 14.6 Å². The van der Waals surface area contributed by atoms with Gasteiger partial charge in [-0.25, -0.2) is 4.79 Å². The van der Waals surface area contributed by atoms with Gasteiger partial charge in [0.1, 0.15) is 6.04 Å². The van der Waals surface area contributed by atoms with Crippen molar-refractivity contribution in [1.29, 1.82) is 0 Å². The lowest BCUT2D eigenvalue weighted by Crippen LogP contribution is -2.30. The number of nitrogens with zero attached hydrogens (tertiary/aromatic N) is 1. The highest BCUT2D eigenvalue weighted by Crippen LogP contribution is 2.07. The second kappa shape index (κ2) is 5.34. The molecule has 0 aliphatic rings. The van der Waals surface area contributed by atoms with Crippen molar-refractivity contribution < 1.29 is 9.53 Å². The smallest absolute Gasteiger partial charge is 0.328 e. The number of ether oxygens (including phenoxy) is 1. The van der Waals surface area contributed by atoms with Gasteiger partial charge in [0.25, 0.3) is 0 Å². The first kappa shape index (κ1) is 12.3. The highest BCUT2D eigenvalue weighted by molar-refractivity contribution is 5.78. The maximum atomic E-state index is 11.3. The third-order valence-corrected chi connectivity index (χ3v) is 2.32. The number of hydrogen-bond donors (Lipinski definition) is 1. The molecular formula is C11H16N2O3. The average molecular weight is 224 g/mol. The molecule has 0 saturated carbocycles. The molecule has 1 atom stereocenters. The Balaban J connectivity index is 2.82. The normalized spacial score (nSPS) is 11.9. The molecule has 1 aromatic heterocycles. The first-order valence-corrected chi connectivity index (χ1v) is 5.09. The molecule has 1 unspecified atom stereocenters. The number of nitrogens with one attached hydrogen (secondary N) is 1. The monoisotopic (exact) mass is 224 g/mol. The second-order valence-corrected chi connectivity index (χ2v) is 3.50. The van der Waals surface area contributed by atoms with E-state index in [2.05, 4.69) is 10.1 Å². The van der Waals surface area contributed by atoms with Crippen LogP contribution in [0.5, 0.6) is 0 Å². The van der Waals surface area contributed by atoms with Gasteiger partial charge in [0.05, 0.1) is 12.8 Å². The molecule has 0 spiro atoms. The molecule has 5 nitrogen and oxygen atoms in total. The summed E-state index contributed by atoms with van der Waals surface area (Å²) in [6.45, 7) is 1.89. The van der Waals surface area contributed by atoms with Gasteiger partial charge in [-0.2, -0.15) is 0 Å². The van der Waals surface area contributed by atoms with E-state index in [9.17, 15) is 9.59 Å². The van der Waals surface area contributed by atoms with E-state index in [4.69, 9.17) is 0 Å². The maximum absolute atomic E-state index is 11.3. The van der Waals surface area contributed by atoms with Gasteiger partial charge >= 0.3 is 5.97 Å². The number of aryl methyl sites for hydroxylation is 1. The Morgan fingerprint density at radius 2 is 2.25 bits per heavy atom. The molecule has 1 rings (SSSR count). The van der Waals surface area contributed by atoms with Gasteiger partial charge in [-0.3, -0.25) is 4.79 Å². The van der Waals surface area contributed by atoms with E-state index >= 15 is 0 Å². The maximum Gasteiger partial charge on any atom is 0.328 e. The van der Waals surface area contributed by atoms with Crippen molar-refractivity contribution in [2.75, 3.05) is 12.4 Å². The molecular weight excluding hydrogens is 208 g/mol. The molecule has 0 saturated heterocycles. The first-order valence-electron chi connectivity index (χ1n) is 5.09. The van der Waals surface area contributed by atoms with Gasteiger partial charge in [-0.05, 0) is 12.5 Å². The van der Waals surface area contributed by atoms with Crippen LogP contribution in [0, 0.1) is 0 Å². The third kappa shape index (κ3) is 2.85. The van der Waals surface area contributed by atoms with Crippen molar-refractivity contribution in [3.05, 3.63) is 28.7 Å². The summed E-state index contributed by atoms with van der Waals surface area (Å²) in [5, 5.41) is 3.01. The van der Waals surface area contributed by atoms with Crippen LogP contribution in [-0.2, 0) is 16.6 Å². The SMILES string of the molecule is CCC(Nc1ccc(=O)n(C)c1)C(=O)OC. The Morgan fingerprint density at radius 1 is 1.56 bits per heavy atom. The van der Waals surface area contributed by atoms with Gasteiger partial charge in [0.2, 0.25) is 5.56 Å². The minimum atomic E-state index is -0.387. The van der Waals surface area contributed by atoms with Crippen molar-refractivity contribution in [2.45, 2.75) is 19.4 Å². The summed E-state index contributed by atoms with van der Waals surface area (Å²) in [7, 11) is 3.01. The summed E-state index contributed by atoms with van der Waals surface area (Å²) in [4.78, 5) is 22.5. The average Bonchev–Trinajstić information content (AvgIpc) is 2.29. The second-order valence-electron chi connectivity index (χ2n) is 3.50. The lowest BCUT2D eigenvalue weighted by molar-refractivity contribution is -0.141. The van der Waals surface area contributed by atoms with Crippen molar-refractivity contribution in [3.8, 4) is 0 Å². The van der Waals surface area contributed by atoms with Crippen LogP contribution in [-0.4, -0.2) is 23.7 Å². The van der Waals surface area contributed by atoms with E-state index in [0.29, 0.717) is 6.42 Å². The molecule has 0 amide bonds. The third-order valence-electron chi connectivity index (χ3n) is 2.32. The predicted octanol–water partition coefficient (Wildman–Crippen LogP) is 0.749. The Labute approximate surface area is 94.0 Å².